The van der Waals surface area contributed by atoms with Crippen LogP contribution >= 0.6 is 0 Å². The second-order valence-corrected chi connectivity index (χ2v) is 3.26. The van der Waals surface area contributed by atoms with E-state index in [9.17, 15) is 5.11 Å². The molecule has 0 aliphatic heterocycles. The number of hydrogen-bond donors (Lipinski definition) is 2. The largest absolute Gasteiger partial charge is 0.389 e. The summed E-state index contributed by atoms with van der Waals surface area (Å²) in [4.78, 5) is 0. The summed E-state index contributed by atoms with van der Waals surface area (Å²) in [5.74, 6) is 0. The van der Waals surface area contributed by atoms with E-state index in [1.54, 1.807) is 10.9 Å². The first-order chi connectivity index (χ1) is 6.63. The number of ether oxygens (including phenoxy) is 1. The van der Waals surface area contributed by atoms with Gasteiger partial charge in [0, 0.05) is 13.2 Å². The highest BCUT2D eigenvalue weighted by molar-refractivity contribution is 4.97. The van der Waals surface area contributed by atoms with Crippen molar-refractivity contribution >= 4 is 0 Å². The summed E-state index contributed by atoms with van der Waals surface area (Å²) in [6.07, 6.45) is 1.16. The van der Waals surface area contributed by atoms with Gasteiger partial charge in [-0.3, -0.25) is 0 Å². The summed E-state index contributed by atoms with van der Waals surface area (Å²) in [5, 5.41) is 17.1. The molecular weight excluding hydrogens is 184 g/mol. The van der Waals surface area contributed by atoms with Gasteiger partial charge in [-0.15, -0.1) is 5.10 Å². The van der Waals surface area contributed by atoms with Gasteiger partial charge < -0.3 is 15.6 Å². The summed E-state index contributed by atoms with van der Waals surface area (Å²) in [6, 6.07) is -0.136. The van der Waals surface area contributed by atoms with Gasteiger partial charge >= 0.3 is 0 Å². The van der Waals surface area contributed by atoms with Crippen LogP contribution in [-0.2, 0) is 11.3 Å². The molecule has 0 aliphatic carbocycles. The molecule has 1 aromatic heterocycles. The minimum atomic E-state index is -0.567. The van der Waals surface area contributed by atoms with E-state index >= 15 is 0 Å². The van der Waals surface area contributed by atoms with E-state index in [0.29, 0.717) is 6.54 Å². The zero-order chi connectivity index (χ0) is 10.6. The number of aliphatic hydroxyl groups is 1. The third-order valence-corrected chi connectivity index (χ3v) is 1.78. The third kappa shape index (κ3) is 3.06. The van der Waals surface area contributed by atoms with E-state index in [4.69, 9.17) is 10.5 Å². The minimum Gasteiger partial charge on any atom is -0.389 e. The predicted molar refractivity (Wildman–Crippen MR) is 50.5 cm³/mol. The van der Waals surface area contributed by atoms with Crippen LogP contribution in [0.5, 0.6) is 0 Å². The van der Waals surface area contributed by atoms with Crippen LogP contribution in [0.15, 0.2) is 6.20 Å². The molecule has 0 amide bonds. The molecule has 1 heterocycles. The highest BCUT2D eigenvalue weighted by atomic mass is 16.5. The molecule has 0 aliphatic rings. The van der Waals surface area contributed by atoms with Crippen molar-refractivity contribution in [2.75, 3.05) is 13.7 Å². The molecule has 0 radical (unpaired) electrons. The molecule has 0 saturated carbocycles. The van der Waals surface area contributed by atoms with Gasteiger partial charge in [0.15, 0.2) is 0 Å². The Bertz CT molecular complexity index is 274. The van der Waals surface area contributed by atoms with Crippen molar-refractivity contribution in [1.82, 2.24) is 15.0 Å². The molecule has 2 unspecified atom stereocenters. The standard InChI is InChI=1S/C8H16N4O2/c1-6(9)8-4-12(11-10-8)3-7(13)5-14-2/h4,6-7,13H,3,5,9H2,1-2H3. The number of aliphatic hydroxyl groups excluding tert-OH is 1. The van der Waals surface area contributed by atoms with Crippen molar-refractivity contribution in [1.29, 1.82) is 0 Å². The van der Waals surface area contributed by atoms with Crippen LogP contribution in [0, 0.1) is 0 Å². The van der Waals surface area contributed by atoms with E-state index in [2.05, 4.69) is 10.3 Å². The topological polar surface area (TPSA) is 86.2 Å². The monoisotopic (exact) mass is 200 g/mol. The van der Waals surface area contributed by atoms with Gasteiger partial charge in [0.25, 0.3) is 0 Å². The Morgan fingerprint density at radius 2 is 2.43 bits per heavy atom. The maximum Gasteiger partial charge on any atom is 0.0991 e. The highest BCUT2D eigenvalue weighted by Crippen LogP contribution is 2.03. The van der Waals surface area contributed by atoms with Crippen molar-refractivity contribution < 1.29 is 9.84 Å². The molecule has 0 aromatic carbocycles. The fourth-order valence-electron chi connectivity index (χ4n) is 1.07. The van der Waals surface area contributed by atoms with E-state index in [-0.39, 0.29) is 12.6 Å². The number of hydrogen-bond acceptors (Lipinski definition) is 5. The SMILES string of the molecule is COCC(O)Cn1cc(C(C)N)nn1. The fourth-order valence-corrected chi connectivity index (χ4v) is 1.07. The molecule has 1 aromatic rings. The normalized spacial score (nSPS) is 15.4. The summed E-state index contributed by atoms with van der Waals surface area (Å²) >= 11 is 0. The van der Waals surface area contributed by atoms with Gasteiger partial charge in [-0.25, -0.2) is 4.68 Å². The first-order valence-electron chi connectivity index (χ1n) is 4.46. The zero-order valence-electron chi connectivity index (χ0n) is 8.42. The number of nitrogens with zero attached hydrogens (tertiary/aromatic N) is 3. The molecule has 6 nitrogen and oxygen atoms in total. The number of nitrogens with two attached hydrogens (primary N) is 1. The molecule has 80 valence electrons. The average Bonchev–Trinajstić information content (AvgIpc) is 2.53. The first kappa shape index (κ1) is 11.1. The summed E-state index contributed by atoms with van der Waals surface area (Å²) in [6.45, 7) is 2.49. The van der Waals surface area contributed by atoms with Crippen LogP contribution in [0.1, 0.15) is 18.7 Å². The van der Waals surface area contributed by atoms with Crippen LogP contribution in [-0.4, -0.2) is 39.9 Å². The lowest BCUT2D eigenvalue weighted by molar-refractivity contribution is 0.0510. The Morgan fingerprint density at radius 3 is 2.93 bits per heavy atom. The Morgan fingerprint density at radius 1 is 1.71 bits per heavy atom. The lowest BCUT2D eigenvalue weighted by Gasteiger charge is -2.07. The van der Waals surface area contributed by atoms with E-state index < -0.39 is 6.10 Å². The highest BCUT2D eigenvalue weighted by Gasteiger charge is 2.08. The maximum atomic E-state index is 9.41. The Labute approximate surface area is 82.7 Å². The van der Waals surface area contributed by atoms with E-state index in [1.807, 2.05) is 6.92 Å². The van der Waals surface area contributed by atoms with Crippen molar-refractivity contribution in [2.24, 2.45) is 5.73 Å². The van der Waals surface area contributed by atoms with Gasteiger partial charge in [-0.1, -0.05) is 5.21 Å². The van der Waals surface area contributed by atoms with Crippen LogP contribution in [0.25, 0.3) is 0 Å². The van der Waals surface area contributed by atoms with E-state index in [1.165, 1.54) is 7.11 Å². The van der Waals surface area contributed by atoms with Gasteiger partial charge in [0.05, 0.1) is 31.1 Å². The quantitative estimate of drug-likeness (QED) is 0.656. The van der Waals surface area contributed by atoms with Crippen LogP contribution in [0.4, 0.5) is 0 Å². The van der Waals surface area contributed by atoms with Crippen molar-refractivity contribution in [2.45, 2.75) is 25.6 Å². The predicted octanol–water partition coefficient (Wildman–Crippen LogP) is -0.695. The van der Waals surface area contributed by atoms with Crippen molar-refractivity contribution in [3.8, 4) is 0 Å². The number of aromatic nitrogens is 3. The zero-order valence-corrected chi connectivity index (χ0v) is 8.42. The van der Waals surface area contributed by atoms with E-state index in [0.717, 1.165) is 5.69 Å². The molecular formula is C8H16N4O2. The van der Waals surface area contributed by atoms with Gasteiger partial charge in [-0.2, -0.15) is 0 Å². The number of rotatable bonds is 5. The molecule has 0 bridgehead atoms. The molecule has 0 saturated heterocycles. The van der Waals surface area contributed by atoms with Gasteiger partial charge in [-0.05, 0) is 6.92 Å². The molecule has 0 spiro atoms. The molecule has 1 rings (SSSR count). The fraction of sp³-hybridized carbons (Fsp3) is 0.750. The van der Waals surface area contributed by atoms with Crippen LogP contribution in [0.2, 0.25) is 0 Å². The second-order valence-electron chi connectivity index (χ2n) is 3.26. The van der Waals surface area contributed by atoms with Crippen LogP contribution < -0.4 is 5.73 Å². The Balaban J connectivity index is 2.51. The second kappa shape index (κ2) is 5.04. The van der Waals surface area contributed by atoms with Crippen molar-refractivity contribution in [3.05, 3.63) is 11.9 Å². The maximum absolute atomic E-state index is 9.41. The minimum absolute atomic E-state index is 0.136. The smallest absolute Gasteiger partial charge is 0.0991 e. The average molecular weight is 200 g/mol. The lowest BCUT2D eigenvalue weighted by atomic mass is 10.3. The molecule has 6 heteroatoms. The first-order valence-corrected chi connectivity index (χ1v) is 4.46. The summed E-state index contributed by atoms with van der Waals surface area (Å²) in [5.41, 5.74) is 6.33. The molecule has 3 N–H and O–H groups in total. The Hall–Kier alpha value is -0.980. The summed E-state index contributed by atoms with van der Waals surface area (Å²) < 4.78 is 6.35. The van der Waals surface area contributed by atoms with Crippen LogP contribution in [0.3, 0.4) is 0 Å². The van der Waals surface area contributed by atoms with Gasteiger partial charge in [0.1, 0.15) is 0 Å². The van der Waals surface area contributed by atoms with Crippen molar-refractivity contribution in [3.63, 3.8) is 0 Å². The molecule has 2 atom stereocenters. The summed E-state index contributed by atoms with van der Waals surface area (Å²) in [7, 11) is 1.54. The van der Waals surface area contributed by atoms with Gasteiger partial charge in [0.2, 0.25) is 0 Å². The molecule has 14 heavy (non-hydrogen) atoms. The lowest BCUT2D eigenvalue weighted by Crippen LogP contribution is -2.21. The molecule has 0 fully saturated rings. The third-order valence-electron chi connectivity index (χ3n) is 1.78. The number of methoxy groups -OCH3 is 1. The Kier molecular flexibility index (Phi) is 3.99.